The molecule has 4 nitrogen and oxygen atoms in total. The molecule has 1 aromatic rings. The van der Waals surface area contributed by atoms with E-state index in [-0.39, 0.29) is 0 Å². The third-order valence-corrected chi connectivity index (χ3v) is 0.633. The first-order valence-corrected chi connectivity index (χ1v) is 2.34. The maximum absolute atomic E-state index is 4.88. The Morgan fingerprint density at radius 3 is 3.25 bits per heavy atom. The molecule has 44 valence electrons. The molecule has 0 N–H and O–H groups in total. The van der Waals surface area contributed by atoms with Gasteiger partial charge >= 0.3 is 0 Å². The van der Waals surface area contributed by atoms with Crippen molar-refractivity contribution in [2.75, 3.05) is 6.61 Å². The van der Waals surface area contributed by atoms with Gasteiger partial charge in [-0.1, -0.05) is 5.16 Å². The molecule has 0 aliphatic carbocycles. The van der Waals surface area contributed by atoms with Crippen LogP contribution in [0, 0.1) is 0 Å². The van der Waals surface area contributed by atoms with Crippen molar-refractivity contribution in [3.05, 3.63) is 6.20 Å². The minimum absolute atomic E-state index is 0.438. The Labute approximate surface area is 46.4 Å². The smallest absolute Gasteiger partial charge is 0.275 e. The zero-order chi connectivity index (χ0) is 5.82. The van der Waals surface area contributed by atoms with Crippen LogP contribution in [0.5, 0.6) is 5.88 Å². The fraction of sp³-hybridized carbons (Fsp3) is 0.500. The van der Waals surface area contributed by atoms with Gasteiger partial charge in [-0.15, -0.1) is 0 Å². The minimum Gasteiger partial charge on any atom is -0.475 e. The predicted molar refractivity (Wildman–Crippen MR) is 25.5 cm³/mol. The first kappa shape index (κ1) is 5.08. The van der Waals surface area contributed by atoms with Gasteiger partial charge in [-0.25, -0.2) is 4.63 Å². The third-order valence-electron chi connectivity index (χ3n) is 0.633. The Hall–Kier alpha value is -1.06. The summed E-state index contributed by atoms with van der Waals surface area (Å²) in [6.45, 7) is 2.46. The minimum atomic E-state index is 0.438. The van der Waals surface area contributed by atoms with Gasteiger partial charge in [-0.2, -0.15) is 0 Å². The van der Waals surface area contributed by atoms with Crippen molar-refractivity contribution in [1.82, 2.24) is 10.3 Å². The quantitative estimate of drug-likeness (QED) is 0.560. The molecule has 1 rings (SSSR count). The van der Waals surface area contributed by atoms with Crippen LogP contribution in [0.4, 0.5) is 0 Å². The first-order valence-electron chi connectivity index (χ1n) is 2.34. The zero-order valence-electron chi connectivity index (χ0n) is 4.50. The molecule has 0 bridgehead atoms. The van der Waals surface area contributed by atoms with Crippen LogP contribution in [0.3, 0.4) is 0 Å². The molecule has 1 aromatic heterocycles. The van der Waals surface area contributed by atoms with Crippen LogP contribution < -0.4 is 4.74 Å². The predicted octanol–water partition coefficient (Wildman–Crippen LogP) is 0.468. The van der Waals surface area contributed by atoms with Crippen molar-refractivity contribution in [2.24, 2.45) is 0 Å². The Morgan fingerprint density at radius 2 is 2.75 bits per heavy atom. The summed E-state index contributed by atoms with van der Waals surface area (Å²) in [6, 6.07) is 0. The molecular formula is C4H6N2O2. The Morgan fingerprint density at radius 1 is 1.88 bits per heavy atom. The second-order valence-corrected chi connectivity index (χ2v) is 1.18. The fourth-order valence-electron chi connectivity index (χ4n) is 0.368. The first-order chi connectivity index (χ1) is 3.93. The average molecular weight is 114 g/mol. The maximum atomic E-state index is 4.88. The zero-order valence-corrected chi connectivity index (χ0v) is 4.50. The molecule has 8 heavy (non-hydrogen) atoms. The van der Waals surface area contributed by atoms with E-state index in [9.17, 15) is 0 Å². The summed E-state index contributed by atoms with van der Waals surface area (Å²) >= 11 is 0. The largest absolute Gasteiger partial charge is 0.475 e. The SMILES string of the molecule is CCOc1cnon1. The summed E-state index contributed by atoms with van der Waals surface area (Å²) in [4.78, 5) is 0. The van der Waals surface area contributed by atoms with E-state index >= 15 is 0 Å². The number of nitrogens with zero attached hydrogens (tertiary/aromatic N) is 2. The highest BCUT2D eigenvalue weighted by molar-refractivity contribution is 4.95. The van der Waals surface area contributed by atoms with Crippen molar-refractivity contribution in [3.8, 4) is 5.88 Å². The van der Waals surface area contributed by atoms with Gasteiger partial charge in [0, 0.05) is 0 Å². The number of rotatable bonds is 2. The summed E-state index contributed by atoms with van der Waals surface area (Å²) in [7, 11) is 0. The number of hydrogen-bond acceptors (Lipinski definition) is 4. The second-order valence-electron chi connectivity index (χ2n) is 1.18. The van der Waals surface area contributed by atoms with E-state index in [0.29, 0.717) is 12.5 Å². The molecule has 4 heteroatoms. The molecule has 0 radical (unpaired) electrons. The normalized spacial score (nSPS) is 9.12. The Kier molecular flexibility index (Phi) is 1.46. The highest BCUT2D eigenvalue weighted by atomic mass is 16.6. The summed E-state index contributed by atoms with van der Waals surface area (Å²) in [5, 5.41) is 6.73. The van der Waals surface area contributed by atoms with Crippen LogP contribution in [0.15, 0.2) is 10.8 Å². The van der Waals surface area contributed by atoms with Gasteiger partial charge in [0.2, 0.25) is 0 Å². The van der Waals surface area contributed by atoms with Crippen LogP contribution in [-0.2, 0) is 0 Å². The molecular weight excluding hydrogens is 108 g/mol. The third kappa shape index (κ3) is 0.959. The molecule has 0 saturated carbocycles. The van der Waals surface area contributed by atoms with E-state index < -0.39 is 0 Å². The van der Waals surface area contributed by atoms with Gasteiger partial charge in [-0.3, -0.25) is 0 Å². The molecule has 0 amide bonds. The topological polar surface area (TPSA) is 48.2 Å². The lowest BCUT2D eigenvalue weighted by molar-refractivity contribution is 0.264. The monoisotopic (exact) mass is 114 g/mol. The van der Waals surface area contributed by atoms with Crippen LogP contribution >= 0.6 is 0 Å². The average Bonchev–Trinajstić information content (AvgIpc) is 2.19. The van der Waals surface area contributed by atoms with E-state index in [0.717, 1.165) is 0 Å². The highest BCUT2D eigenvalue weighted by Gasteiger charge is 1.92. The summed E-state index contributed by atoms with van der Waals surface area (Å²) in [6.07, 6.45) is 1.42. The van der Waals surface area contributed by atoms with Crippen molar-refractivity contribution in [2.45, 2.75) is 6.92 Å². The van der Waals surface area contributed by atoms with Gasteiger partial charge in [0.05, 0.1) is 6.61 Å². The maximum Gasteiger partial charge on any atom is 0.275 e. The van der Waals surface area contributed by atoms with Crippen molar-refractivity contribution in [1.29, 1.82) is 0 Å². The van der Waals surface area contributed by atoms with Crippen molar-refractivity contribution >= 4 is 0 Å². The molecule has 0 aromatic carbocycles. The summed E-state index contributed by atoms with van der Waals surface area (Å²) < 4.78 is 9.12. The molecule has 0 spiro atoms. The molecule has 0 aliphatic rings. The second kappa shape index (κ2) is 2.30. The molecule has 1 heterocycles. The van der Waals surface area contributed by atoms with Gasteiger partial charge in [0.25, 0.3) is 5.88 Å². The molecule has 0 saturated heterocycles. The standard InChI is InChI=1S/C4H6N2O2/c1-2-7-4-3-5-8-6-4/h3H,2H2,1H3. The van der Waals surface area contributed by atoms with Crippen LogP contribution in [0.25, 0.3) is 0 Å². The summed E-state index contributed by atoms with van der Waals surface area (Å²) in [5.74, 6) is 0.438. The van der Waals surface area contributed by atoms with Crippen LogP contribution in [0.1, 0.15) is 6.92 Å². The number of aromatic nitrogens is 2. The van der Waals surface area contributed by atoms with Gasteiger partial charge in [0.15, 0.2) is 0 Å². The Bertz CT molecular complexity index is 138. The number of ether oxygens (including phenoxy) is 1. The summed E-state index contributed by atoms with van der Waals surface area (Å²) in [5.41, 5.74) is 0. The molecule has 0 fully saturated rings. The highest BCUT2D eigenvalue weighted by Crippen LogP contribution is 1.99. The number of hydrogen-bond donors (Lipinski definition) is 0. The van der Waals surface area contributed by atoms with Crippen LogP contribution in [-0.4, -0.2) is 16.9 Å². The van der Waals surface area contributed by atoms with Gasteiger partial charge < -0.3 is 4.74 Å². The van der Waals surface area contributed by atoms with Gasteiger partial charge in [-0.05, 0) is 12.1 Å². The van der Waals surface area contributed by atoms with Gasteiger partial charge in [0.1, 0.15) is 6.20 Å². The lowest BCUT2D eigenvalue weighted by Gasteiger charge is -1.89. The molecule has 0 atom stereocenters. The Balaban J connectivity index is 2.50. The van der Waals surface area contributed by atoms with E-state index in [1.165, 1.54) is 6.20 Å². The van der Waals surface area contributed by atoms with Crippen molar-refractivity contribution < 1.29 is 9.37 Å². The van der Waals surface area contributed by atoms with E-state index in [4.69, 9.17) is 4.74 Å². The van der Waals surface area contributed by atoms with E-state index in [1.54, 1.807) is 0 Å². The fourth-order valence-corrected chi connectivity index (χ4v) is 0.368. The van der Waals surface area contributed by atoms with E-state index in [1.807, 2.05) is 6.92 Å². The van der Waals surface area contributed by atoms with E-state index in [2.05, 4.69) is 14.9 Å². The van der Waals surface area contributed by atoms with Crippen LogP contribution in [0.2, 0.25) is 0 Å². The molecule has 0 aliphatic heterocycles. The lowest BCUT2D eigenvalue weighted by Crippen LogP contribution is -1.89. The lowest BCUT2D eigenvalue weighted by atomic mass is 10.8. The van der Waals surface area contributed by atoms with Crippen molar-refractivity contribution in [3.63, 3.8) is 0 Å². The molecule has 0 unspecified atom stereocenters.